The maximum atomic E-state index is 13.0. The van der Waals surface area contributed by atoms with Gasteiger partial charge in [-0.1, -0.05) is 69.1 Å². The van der Waals surface area contributed by atoms with Crippen LogP contribution in [0.4, 0.5) is 0 Å². The van der Waals surface area contributed by atoms with E-state index in [1.807, 2.05) is 54.6 Å². The number of rotatable bonds is 12. The molecule has 7 heteroatoms. The Morgan fingerprint density at radius 3 is 2.44 bits per heavy atom. The summed E-state index contributed by atoms with van der Waals surface area (Å²) >= 11 is 1.33. The number of para-hydroxylation sites is 1. The molecule has 4 aromatic rings. The molecule has 178 valence electrons. The van der Waals surface area contributed by atoms with Crippen LogP contribution in [0.3, 0.4) is 0 Å². The molecule has 0 aliphatic rings. The van der Waals surface area contributed by atoms with Crippen LogP contribution in [0.15, 0.2) is 53.3 Å². The molecule has 0 saturated heterocycles. The highest BCUT2D eigenvalue weighted by atomic mass is 32.1. The molecule has 6 nitrogen and oxygen atoms in total. The summed E-state index contributed by atoms with van der Waals surface area (Å²) in [6, 6.07) is 15.5. The number of benzene rings is 2. The Kier molecular flexibility index (Phi) is 8.31. The van der Waals surface area contributed by atoms with Gasteiger partial charge in [0.05, 0.1) is 17.7 Å². The van der Waals surface area contributed by atoms with Crippen molar-refractivity contribution in [2.75, 3.05) is 13.2 Å². The Hall–Kier alpha value is -3.19. The van der Waals surface area contributed by atoms with Crippen molar-refractivity contribution in [3.05, 3.63) is 69.0 Å². The third-order valence-electron chi connectivity index (χ3n) is 5.52. The summed E-state index contributed by atoms with van der Waals surface area (Å²) in [7, 11) is 0. The number of hydrogen-bond donors (Lipinski definition) is 0. The lowest BCUT2D eigenvalue weighted by atomic mass is 10.2. The van der Waals surface area contributed by atoms with Crippen molar-refractivity contribution >= 4 is 22.4 Å². The van der Waals surface area contributed by atoms with Gasteiger partial charge in [-0.25, -0.2) is 0 Å². The topological polar surface area (TPSA) is 65.7 Å². The number of ether oxygens (including phenoxy) is 2. The highest BCUT2D eigenvalue weighted by molar-refractivity contribution is 7.15. The summed E-state index contributed by atoms with van der Waals surface area (Å²) in [5.74, 6) is 2.15. The normalized spacial score (nSPS) is 11.9. The maximum Gasteiger partial charge on any atom is 0.291 e. The summed E-state index contributed by atoms with van der Waals surface area (Å²) in [6.45, 7) is 5.72. The predicted molar refractivity (Wildman–Crippen MR) is 138 cm³/mol. The number of aromatic nitrogens is 3. The molecular formula is C27H31N3O3S. The van der Waals surface area contributed by atoms with E-state index in [0.717, 1.165) is 48.5 Å². The summed E-state index contributed by atoms with van der Waals surface area (Å²) in [4.78, 5) is 18.1. The highest BCUT2D eigenvalue weighted by Crippen LogP contribution is 2.22. The number of thiazole rings is 1. The van der Waals surface area contributed by atoms with Crippen LogP contribution in [0.25, 0.3) is 22.4 Å². The zero-order valence-corrected chi connectivity index (χ0v) is 20.6. The van der Waals surface area contributed by atoms with Crippen molar-refractivity contribution in [3.8, 4) is 22.9 Å². The van der Waals surface area contributed by atoms with Crippen molar-refractivity contribution in [2.45, 2.75) is 52.4 Å². The predicted octanol–water partition coefficient (Wildman–Crippen LogP) is 5.50. The molecule has 0 spiro atoms. The van der Waals surface area contributed by atoms with E-state index >= 15 is 0 Å². The van der Waals surface area contributed by atoms with E-state index in [9.17, 15) is 4.79 Å². The Labute approximate surface area is 203 Å². The minimum absolute atomic E-state index is 0.172. The summed E-state index contributed by atoms with van der Waals surface area (Å²) in [5.41, 5.74) is 1.56. The standard InChI is InChI=1S/C27H31N3O3S/c1-3-5-7-10-18-32-22-15-13-20(14-16-22)25-28-27-30(29-25)26(31)24(34-27)19-21-11-8-9-12-23(21)33-17-6-4-2/h8-9,11-16,19H,3-7,10,17-18H2,1-2H3/b24-19+. The summed E-state index contributed by atoms with van der Waals surface area (Å²) in [5, 5.41) is 4.46. The molecule has 0 fully saturated rings. The molecule has 0 bridgehead atoms. The van der Waals surface area contributed by atoms with Crippen LogP contribution in [-0.4, -0.2) is 27.8 Å². The minimum atomic E-state index is -0.172. The van der Waals surface area contributed by atoms with Crippen LogP contribution in [0.2, 0.25) is 0 Å². The largest absolute Gasteiger partial charge is 0.494 e. The van der Waals surface area contributed by atoms with Crippen LogP contribution in [0, 0.1) is 0 Å². The third-order valence-corrected chi connectivity index (χ3v) is 6.48. The van der Waals surface area contributed by atoms with E-state index in [2.05, 4.69) is 23.9 Å². The molecule has 0 N–H and O–H groups in total. The lowest BCUT2D eigenvalue weighted by Gasteiger charge is -2.07. The second kappa shape index (κ2) is 11.8. The number of fused-ring (bicyclic) bond motifs is 1. The SMILES string of the molecule is CCCCCCOc1ccc(-c2nc3s/c(=C/c4ccccc4OCCCC)c(=O)n3n2)cc1. The zero-order valence-electron chi connectivity index (χ0n) is 19.8. The average Bonchev–Trinajstić information content (AvgIpc) is 3.40. The van der Waals surface area contributed by atoms with E-state index in [1.54, 1.807) is 0 Å². The average molecular weight is 478 g/mol. The molecule has 0 atom stereocenters. The number of hydrogen-bond acceptors (Lipinski definition) is 6. The molecule has 2 aromatic carbocycles. The van der Waals surface area contributed by atoms with Gasteiger partial charge in [-0.2, -0.15) is 9.50 Å². The third kappa shape index (κ3) is 5.83. The minimum Gasteiger partial charge on any atom is -0.494 e. The van der Waals surface area contributed by atoms with E-state index in [-0.39, 0.29) is 5.56 Å². The second-order valence-electron chi connectivity index (χ2n) is 8.22. The van der Waals surface area contributed by atoms with Crippen molar-refractivity contribution < 1.29 is 9.47 Å². The van der Waals surface area contributed by atoms with Gasteiger partial charge in [-0.3, -0.25) is 4.79 Å². The quantitative estimate of drug-likeness (QED) is 0.252. The lowest BCUT2D eigenvalue weighted by Crippen LogP contribution is -2.23. The smallest absolute Gasteiger partial charge is 0.291 e. The summed E-state index contributed by atoms with van der Waals surface area (Å²) in [6.07, 6.45) is 8.64. The molecule has 2 aromatic heterocycles. The van der Waals surface area contributed by atoms with Crippen LogP contribution in [-0.2, 0) is 0 Å². The maximum absolute atomic E-state index is 13.0. The van der Waals surface area contributed by atoms with E-state index in [0.29, 0.717) is 21.9 Å². The van der Waals surface area contributed by atoms with E-state index in [4.69, 9.17) is 9.47 Å². The molecule has 2 heterocycles. The van der Waals surface area contributed by atoms with Gasteiger partial charge in [0.2, 0.25) is 4.96 Å². The lowest BCUT2D eigenvalue weighted by molar-refractivity contribution is 0.305. The van der Waals surface area contributed by atoms with Crippen LogP contribution in [0.5, 0.6) is 11.5 Å². The van der Waals surface area contributed by atoms with Crippen molar-refractivity contribution in [1.82, 2.24) is 14.6 Å². The molecular weight excluding hydrogens is 446 g/mol. The monoisotopic (exact) mass is 477 g/mol. The molecule has 0 aliphatic carbocycles. The van der Waals surface area contributed by atoms with E-state index in [1.165, 1.54) is 35.1 Å². The van der Waals surface area contributed by atoms with Crippen LogP contribution >= 0.6 is 11.3 Å². The molecule has 0 saturated carbocycles. The molecule has 0 radical (unpaired) electrons. The fourth-order valence-corrected chi connectivity index (χ4v) is 4.47. The fraction of sp³-hybridized carbons (Fsp3) is 0.370. The zero-order chi connectivity index (χ0) is 23.8. The van der Waals surface area contributed by atoms with Gasteiger partial charge in [-0.15, -0.1) is 5.10 Å². The Balaban J connectivity index is 1.50. The molecule has 0 unspecified atom stereocenters. The molecule has 0 aliphatic heterocycles. The second-order valence-corrected chi connectivity index (χ2v) is 9.23. The van der Waals surface area contributed by atoms with Gasteiger partial charge in [0, 0.05) is 11.1 Å². The van der Waals surface area contributed by atoms with E-state index < -0.39 is 0 Å². The first-order chi connectivity index (χ1) is 16.7. The highest BCUT2D eigenvalue weighted by Gasteiger charge is 2.13. The molecule has 34 heavy (non-hydrogen) atoms. The van der Waals surface area contributed by atoms with Crippen LogP contribution in [0.1, 0.15) is 57.9 Å². The van der Waals surface area contributed by atoms with Gasteiger partial charge < -0.3 is 9.47 Å². The van der Waals surface area contributed by atoms with Gasteiger partial charge in [-0.05, 0) is 49.2 Å². The first-order valence-corrected chi connectivity index (χ1v) is 12.9. The first kappa shape index (κ1) is 24.0. The van der Waals surface area contributed by atoms with Crippen molar-refractivity contribution in [2.24, 2.45) is 0 Å². The van der Waals surface area contributed by atoms with Gasteiger partial charge >= 0.3 is 0 Å². The van der Waals surface area contributed by atoms with Gasteiger partial charge in [0.25, 0.3) is 5.56 Å². The number of nitrogens with zero attached hydrogens (tertiary/aromatic N) is 3. The van der Waals surface area contributed by atoms with Crippen molar-refractivity contribution in [3.63, 3.8) is 0 Å². The summed E-state index contributed by atoms with van der Waals surface area (Å²) < 4.78 is 13.7. The van der Waals surface area contributed by atoms with Gasteiger partial charge in [0.1, 0.15) is 11.5 Å². The number of unbranched alkanes of at least 4 members (excludes halogenated alkanes) is 4. The molecule has 4 rings (SSSR count). The molecule has 0 amide bonds. The van der Waals surface area contributed by atoms with Crippen molar-refractivity contribution in [1.29, 1.82) is 0 Å². The van der Waals surface area contributed by atoms with Crippen LogP contribution < -0.4 is 19.6 Å². The first-order valence-electron chi connectivity index (χ1n) is 12.1. The Morgan fingerprint density at radius 2 is 1.68 bits per heavy atom. The Morgan fingerprint density at radius 1 is 0.912 bits per heavy atom. The Bertz CT molecular complexity index is 1310. The fourth-order valence-electron chi connectivity index (χ4n) is 3.57. The van der Waals surface area contributed by atoms with Gasteiger partial charge in [0.15, 0.2) is 5.82 Å².